The lowest BCUT2D eigenvalue weighted by Gasteiger charge is -2.02. The van der Waals surface area contributed by atoms with E-state index in [1.54, 1.807) is 6.07 Å². The first-order valence-corrected chi connectivity index (χ1v) is 5.83. The van der Waals surface area contributed by atoms with Gasteiger partial charge in [-0.05, 0) is 30.2 Å². The number of carbonyl (C=O) groups is 1. The number of amides is 1. The lowest BCUT2D eigenvalue weighted by molar-refractivity contribution is -0.117. The van der Waals surface area contributed by atoms with Crippen LogP contribution in [0.15, 0.2) is 29.8 Å². The third kappa shape index (κ3) is 4.38. The van der Waals surface area contributed by atoms with E-state index in [2.05, 4.69) is 5.32 Å². The Morgan fingerprint density at radius 1 is 1.56 bits per heavy atom. The van der Waals surface area contributed by atoms with Gasteiger partial charge in [0.2, 0.25) is 0 Å². The fraction of sp³-hybridized carbons (Fsp3) is 0.286. The van der Waals surface area contributed by atoms with Gasteiger partial charge in [0.15, 0.2) is 0 Å². The van der Waals surface area contributed by atoms with Crippen LogP contribution >= 0.6 is 0 Å². The van der Waals surface area contributed by atoms with E-state index in [0.29, 0.717) is 12.1 Å². The molecular formula is C14H15FN2O. The second kappa shape index (κ2) is 7.23. The summed E-state index contributed by atoms with van der Waals surface area (Å²) < 4.78 is 13.0. The fourth-order valence-corrected chi connectivity index (χ4v) is 1.39. The summed E-state index contributed by atoms with van der Waals surface area (Å²) in [6.07, 6.45) is 3.21. The molecule has 0 aliphatic carbocycles. The molecule has 0 heterocycles. The van der Waals surface area contributed by atoms with Crippen molar-refractivity contribution in [3.8, 4) is 6.07 Å². The number of halogens is 1. The number of nitrogens with one attached hydrogen (secondary N) is 1. The lowest BCUT2D eigenvalue weighted by atomic mass is 10.1. The van der Waals surface area contributed by atoms with Crippen LogP contribution in [0.1, 0.15) is 25.3 Å². The number of hydrogen-bond acceptors (Lipinski definition) is 2. The van der Waals surface area contributed by atoms with Gasteiger partial charge < -0.3 is 5.32 Å². The molecule has 94 valence electrons. The Labute approximate surface area is 106 Å². The summed E-state index contributed by atoms with van der Waals surface area (Å²) in [6.45, 7) is 2.55. The first kappa shape index (κ1) is 13.9. The lowest BCUT2D eigenvalue weighted by Crippen LogP contribution is -2.25. The van der Waals surface area contributed by atoms with E-state index in [4.69, 9.17) is 5.26 Å². The van der Waals surface area contributed by atoms with E-state index in [1.165, 1.54) is 24.3 Å². The number of nitrogens with zero attached hydrogens (tertiary/aromatic N) is 1. The summed E-state index contributed by atoms with van der Waals surface area (Å²) in [5.74, 6) is -0.817. The molecule has 0 spiro atoms. The SMILES string of the molecule is CCCCNC(=O)/C(C#N)=C\c1cccc(F)c1. The molecule has 4 heteroatoms. The summed E-state index contributed by atoms with van der Waals surface area (Å²) >= 11 is 0. The third-order valence-electron chi connectivity index (χ3n) is 2.34. The predicted molar refractivity (Wildman–Crippen MR) is 67.9 cm³/mol. The molecule has 1 aromatic carbocycles. The molecule has 1 rings (SSSR count). The monoisotopic (exact) mass is 246 g/mol. The highest BCUT2D eigenvalue weighted by Gasteiger charge is 2.07. The predicted octanol–water partition coefficient (Wildman–Crippen LogP) is 2.65. The molecule has 18 heavy (non-hydrogen) atoms. The van der Waals surface area contributed by atoms with Crippen LogP contribution in [0.4, 0.5) is 4.39 Å². The van der Waals surface area contributed by atoms with Gasteiger partial charge >= 0.3 is 0 Å². The van der Waals surface area contributed by atoms with Crippen molar-refractivity contribution < 1.29 is 9.18 Å². The van der Waals surface area contributed by atoms with Crippen LogP contribution in [-0.2, 0) is 4.79 Å². The molecule has 0 atom stereocenters. The smallest absolute Gasteiger partial charge is 0.261 e. The highest BCUT2D eigenvalue weighted by molar-refractivity contribution is 6.01. The Kier molecular flexibility index (Phi) is 5.59. The summed E-state index contributed by atoms with van der Waals surface area (Å²) in [6, 6.07) is 7.58. The van der Waals surface area contributed by atoms with Crippen LogP contribution in [0.2, 0.25) is 0 Å². The first-order valence-electron chi connectivity index (χ1n) is 5.83. The minimum Gasteiger partial charge on any atom is -0.351 e. The van der Waals surface area contributed by atoms with Crippen molar-refractivity contribution >= 4 is 12.0 Å². The van der Waals surface area contributed by atoms with Gasteiger partial charge in [-0.3, -0.25) is 4.79 Å². The minimum absolute atomic E-state index is 0.0169. The van der Waals surface area contributed by atoms with E-state index < -0.39 is 11.7 Å². The third-order valence-corrected chi connectivity index (χ3v) is 2.34. The van der Waals surface area contributed by atoms with Crippen LogP contribution < -0.4 is 5.32 Å². The molecule has 0 unspecified atom stereocenters. The molecular weight excluding hydrogens is 231 g/mol. The van der Waals surface area contributed by atoms with Crippen molar-refractivity contribution in [1.82, 2.24) is 5.32 Å². The van der Waals surface area contributed by atoms with E-state index >= 15 is 0 Å². The van der Waals surface area contributed by atoms with Gasteiger partial charge in [0.25, 0.3) is 5.91 Å². The topological polar surface area (TPSA) is 52.9 Å². The van der Waals surface area contributed by atoms with E-state index in [0.717, 1.165) is 12.8 Å². The molecule has 0 saturated heterocycles. The molecule has 0 aliphatic heterocycles. The number of carbonyl (C=O) groups excluding carboxylic acids is 1. The molecule has 1 amide bonds. The van der Waals surface area contributed by atoms with Crippen LogP contribution in [0.25, 0.3) is 6.08 Å². The van der Waals surface area contributed by atoms with Crippen molar-refractivity contribution in [2.75, 3.05) is 6.54 Å². The summed E-state index contributed by atoms with van der Waals surface area (Å²) in [7, 11) is 0. The zero-order valence-corrected chi connectivity index (χ0v) is 10.2. The molecule has 0 fully saturated rings. The van der Waals surface area contributed by atoms with Crippen molar-refractivity contribution in [2.24, 2.45) is 0 Å². The Bertz CT molecular complexity index is 489. The normalized spacial score (nSPS) is 10.8. The van der Waals surface area contributed by atoms with Gasteiger partial charge in [0, 0.05) is 6.54 Å². The summed E-state index contributed by atoms with van der Waals surface area (Å²) in [5, 5.41) is 11.6. The molecule has 0 radical (unpaired) electrons. The van der Waals surface area contributed by atoms with Gasteiger partial charge in [-0.15, -0.1) is 0 Å². The summed E-state index contributed by atoms with van der Waals surface area (Å²) in [4.78, 5) is 11.6. The van der Waals surface area contributed by atoms with Gasteiger partial charge in [-0.25, -0.2) is 4.39 Å². The molecule has 1 aromatic rings. The van der Waals surface area contributed by atoms with Gasteiger partial charge in [0.05, 0.1) is 0 Å². The highest BCUT2D eigenvalue weighted by Crippen LogP contribution is 2.08. The number of unbranched alkanes of at least 4 members (excludes halogenated alkanes) is 1. The minimum atomic E-state index is -0.421. The Balaban J connectivity index is 2.77. The molecule has 3 nitrogen and oxygen atoms in total. The van der Waals surface area contributed by atoms with Crippen molar-refractivity contribution in [1.29, 1.82) is 5.26 Å². The molecule has 0 aliphatic rings. The molecule has 0 aromatic heterocycles. The van der Waals surface area contributed by atoms with Gasteiger partial charge in [-0.1, -0.05) is 25.5 Å². The van der Waals surface area contributed by atoms with Crippen molar-refractivity contribution in [3.63, 3.8) is 0 Å². The van der Waals surface area contributed by atoms with E-state index in [1.807, 2.05) is 13.0 Å². The highest BCUT2D eigenvalue weighted by atomic mass is 19.1. The second-order valence-electron chi connectivity index (χ2n) is 3.83. The number of nitriles is 1. The standard InChI is InChI=1S/C14H15FN2O/c1-2-3-7-17-14(18)12(10-16)8-11-5-4-6-13(15)9-11/h4-6,8-9H,2-3,7H2,1H3,(H,17,18)/b12-8-. The van der Waals surface area contributed by atoms with E-state index in [-0.39, 0.29) is 5.57 Å². The Morgan fingerprint density at radius 3 is 2.94 bits per heavy atom. The van der Waals surface area contributed by atoms with Crippen LogP contribution in [-0.4, -0.2) is 12.5 Å². The molecule has 1 N–H and O–H groups in total. The van der Waals surface area contributed by atoms with Crippen molar-refractivity contribution in [2.45, 2.75) is 19.8 Å². The Hall–Kier alpha value is -2.15. The maximum Gasteiger partial charge on any atom is 0.261 e. The largest absolute Gasteiger partial charge is 0.351 e. The number of rotatable bonds is 5. The van der Waals surface area contributed by atoms with Crippen molar-refractivity contribution in [3.05, 3.63) is 41.2 Å². The maximum absolute atomic E-state index is 13.0. The number of hydrogen-bond donors (Lipinski definition) is 1. The van der Waals surface area contributed by atoms with Crippen LogP contribution in [0.3, 0.4) is 0 Å². The van der Waals surface area contributed by atoms with Crippen LogP contribution in [0, 0.1) is 17.1 Å². The molecule has 0 saturated carbocycles. The first-order chi connectivity index (χ1) is 8.67. The maximum atomic E-state index is 13.0. The number of benzene rings is 1. The average molecular weight is 246 g/mol. The van der Waals surface area contributed by atoms with Gasteiger partial charge in [-0.2, -0.15) is 5.26 Å². The zero-order valence-electron chi connectivity index (χ0n) is 10.2. The molecule has 0 bridgehead atoms. The quantitative estimate of drug-likeness (QED) is 0.493. The summed E-state index contributed by atoms with van der Waals surface area (Å²) in [5.41, 5.74) is 0.480. The van der Waals surface area contributed by atoms with E-state index in [9.17, 15) is 9.18 Å². The Morgan fingerprint density at radius 2 is 2.33 bits per heavy atom. The average Bonchev–Trinajstić information content (AvgIpc) is 2.36. The van der Waals surface area contributed by atoms with Gasteiger partial charge in [0.1, 0.15) is 17.5 Å². The fourth-order valence-electron chi connectivity index (χ4n) is 1.39. The second-order valence-corrected chi connectivity index (χ2v) is 3.83. The zero-order chi connectivity index (χ0) is 13.4. The van der Waals surface area contributed by atoms with Crippen LogP contribution in [0.5, 0.6) is 0 Å².